The van der Waals surface area contributed by atoms with Crippen LogP contribution in [0.25, 0.3) is 0 Å². The summed E-state index contributed by atoms with van der Waals surface area (Å²) in [4.78, 5) is 0. The quantitative estimate of drug-likeness (QED) is 0.630. The minimum Gasteiger partial charge on any atom is -0.394 e. The molecule has 16 heavy (non-hydrogen) atoms. The Bertz CT molecular complexity index is 308. The largest absolute Gasteiger partial charge is 0.394 e. The third-order valence-corrected chi connectivity index (χ3v) is 4.19. The van der Waals surface area contributed by atoms with Crippen molar-refractivity contribution in [2.75, 3.05) is 18.9 Å². The maximum Gasteiger partial charge on any atom is 0.210 e. The molecule has 5 nitrogen and oxygen atoms in total. The summed E-state index contributed by atoms with van der Waals surface area (Å²) < 4.78 is 21.6. The average molecular weight is 250 g/mol. The molecular weight excluding hydrogens is 228 g/mol. The highest BCUT2D eigenvalue weighted by atomic mass is 32.2. The van der Waals surface area contributed by atoms with Crippen LogP contribution in [0.2, 0.25) is 0 Å². The number of primary sulfonamides is 1. The fourth-order valence-electron chi connectivity index (χ4n) is 2.16. The molecule has 1 fully saturated rings. The predicted octanol–water partition coefficient (Wildman–Crippen LogP) is -0.194. The van der Waals surface area contributed by atoms with E-state index in [-0.39, 0.29) is 17.9 Å². The monoisotopic (exact) mass is 250 g/mol. The van der Waals surface area contributed by atoms with Gasteiger partial charge in [-0.05, 0) is 31.6 Å². The van der Waals surface area contributed by atoms with Crippen molar-refractivity contribution < 1.29 is 13.5 Å². The zero-order valence-corrected chi connectivity index (χ0v) is 10.6. The van der Waals surface area contributed by atoms with Crippen molar-refractivity contribution in [3.63, 3.8) is 0 Å². The number of hydrogen-bond donors (Lipinski definition) is 3. The van der Waals surface area contributed by atoms with Crippen LogP contribution in [-0.2, 0) is 10.0 Å². The predicted molar refractivity (Wildman–Crippen MR) is 63.4 cm³/mol. The first-order valence-electron chi connectivity index (χ1n) is 5.73. The van der Waals surface area contributed by atoms with Crippen molar-refractivity contribution in [1.29, 1.82) is 0 Å². The molecule has 0 atom stereocenters. The van der Waals surface area contributed by atoms with Gasteiger partial charge in [-0.3, -0.25) is 0 Å². The fourth-order valence-corrected chi connectivity index (χ4v) is 2.55. The van der Waals surface area contributed by atoms with Gasteiger partial charge in [0.05, 0.1) is 12.4 Å². The molecule has 6 heteroatoms. The molecule has 96 valence electrons. The third kappa shape index (κ3) is 4.37. The lowest BCUT2D eigenvalue weighted by Crippen LogP contribution is -2.52. The summed E-state index contributed by atoms with van der Waals surface area (Å²) >= 11 is 0. The Balaban J connectivity index is 2.42. The number of hydrogen-bond acceptors (Lipinski definition) is 4. The van der Waals surface area contributed by atoms with Gasteiger partial charge >= 0.3 is 0 Å². The molecule has 0 aromatic heterocycles. The molecule has 1 rings (SSSR count). The minimum atomic E-state index is -3.41. The van der Waals surface area contributed by atoms with Crippen molar-refractivity contribution in [2.45, 2.75) is 38.1 Å². The van der Waals surface area contributed by atoms with Crippen LogP contribution < -0.4 is 10.5 Å². The Morgan fingerprint density at radius 2 is 2.00 bits per heavy atom. The normalized spacial score (nSPS) is 31.6. The lowest BCUT2D eigenvalue weighted by atomic mass is 9.77. The highest BCUT2D eigenvalue weighted by molar-refractivity contribution is 7.89. The molecule has 1 aliphatic rings. The lowest BCUT2D eigenvalue weighted by Gasteiger charge is -2.39. The summed E-state index contributed by atoms with van der Waals surface area (Å²) in [5, 5.41) is 17.5. The summed E-state index contributed by atoms with van der Waals surface area (Å²) in [6, 6.07) is 0. The Kier molecular flexibility index (Phi) is 4.73. The molecule has 0 saturated heterocycles. The maximum atomic E-state index is 10.8. The maximum absolute atomic E-state index is 10.8. The number of aliphatic hydroxyl groups excluding tert-OH is 1. The topological polar surface area (TPSA) is 92.4 Å². The molecule has 0 heterocycles. The Labute approximate surface area is 97.5 Å². The van der Waals surface area contributed by atoms with E-state index in [2.05, 4.69) is 12.2 Å². The van der Waals surface area contributed by atoms with Crippen molar-refractivity contribution in [2.24, 2.45) is 11.1 Å². The molecule has 0 spiro atoms. The molecule has 0 aromatic carbocycles. The summed E-state index contributed by atoms with van der Waals surface area (Å²) in [7, 11) is -3.41. The zero-order valence-electron chi connectivity index (χ0n) is 9.78. The van der Waals surface area contributed by atoms with E-state index in [1.807, 2.05) is 0 Å². The van der Waals surface area contributed by atoms with E-state index in [4.69, 9.17) is 5.14 Å². The summed E-state index contributed by atoms with van der Waals surface area (Å²) in [5.41, 5.74) is -0.294. The number of rotatable bonds is 5. The van der Waals surface area contributed by atoms with Crippen molar-refractivity contribution in [1.82, 2.24) is 5.32 Å². The number of nitrogens with one attached hydrogen (secondary N) is 1. The van der Waals surface area contributed by atoms with Gasteiger partial charge < -0.3 is 10.4 Å². The lowest BCUT2D eigenvalue weighted by molar-refractivity contribution is 0.108. The van der Waals surface area contributed by atoms with Crippen LogP contribution in [0.15, 0.2) is 0 Å². The first-order valence-corrected chi connectivity index (χ1v) is 7.45. The van der Waals surface area contributed by atoms with Gasteiger partial charge in [0.25, 0.3) is 0 Å². The SMILES string of the molecule is CC1CCC(CO)(NCCS(N)(=O)=O)CC1. The highest BCUT2D eigenvalue weighted by Gasteiger charge is 2.32. The molecule has 1 aliphatic carbocycles. The number of sulfonamides is 1. The van der Waals surface area contributed by atoms with E-state index < -0.39 is 10.0 Å². The van der Waals surface area contributed by atoms with Crippen LogP contribution in [-0.4, -0.2) is 38.0 Å². The van der Waals surface area contributed by atoms with E-state index in [1.54, 1.807) is 0 Å². The Morgan fingerprint density at radius 3 is 2.44 bits per heavy atom. The zero-order chi connectivity index (χ0) is 12.2. The molecule has 0 radical (unpaired) electrons. The molecule has 0 aromatic rings. The van der Waals surface area contributed by atoms with Gasteiger partial charge in [0.15, 0.2) is 0 Å². The molecular formula is C10H22N2O3S. The molecule has 1 saturated carbocycles. The number of nitrogens with two attached hydrogens (primary N) is 1. The van der Waals surface area contributed by atoms with E-state index in [0.29, 0.717) is 12.5 Å². The van der Waals surface area contributed by atoms with Crippen LogP contribution in [0, 0.1) is 5.92 Å². The molecule has 0 aliphatic heterocycles. The Hall–Kier alpha value is -0.170. The highest BCUT2D eigenvalue weighted by Crippen LogP contribution is 2.31. The van der Waals surface area contributed by atoms with Crippen molar-refractivity contribution in [3.8, 4) is 0 Å². The molecule has 0 bridgehead atoms. The van der Waals surface area contributed by atoms with Crippen molar-refractivity contribution in [3.05, 3.63) is 0 Å². The Morgan fingerprint density at radius 1 is 1.44 bits per heavy atom. The van der Waals surface area contributed by atoms with Crippen LogP contribution in [0.5, 0.6) is 0 Å². The molecule has 0 unspecified atom stereocenters. The number of aliphatic hydroxyl groups is 1. The van der Waals surface area contributed by atoms with Gasteiger partial charge in [-0.15, -0.1) is 0 Å². The van der Waals surface area contributed by atoms with Crippen LogP contribution in [0.3, 0.4) is 0 Å². The summed E-state index contributed by atoms with van der Waals surface area (Å²) in [6.45, 7) is 2.57. The van der Waals surface area contributed by atoms with E-state index >= 15 is 0 Å². The van der Waals surface area contributed by atoms with Crippen molar-refractivity contribution >= 4 is 10.0 Å². The summed E-state index contributed by atoms with van der Waals surface area (Å²) in [5.74, 6) is 0.615. The van der Waals surface area contributed by atoms with Gasteiger partial charge in [-0.1, -0.05) is 6.92 Å². The second-order valence-corrected chi connectivity index (χ2v) is 6.65. The van der Waals surface area contributed by atoms with Crippen LogP contribution in [0.4, 0.5) is 0 Å². The standard InChI is InChI=1S/C10H22N2O3S/c1-9-2-4-10(8-13,5-3-9)12-6-7-16(11,14)15/h9,12-13H,2-8H2,1H3,(H2,11,14,15). The van der Waals surface area contributed by atoms with E-state index in [0.717, 1.165) is 25.7 Å². The fraction of sp³-hybridized carbons (Fsp3) is 1.00. The van der Waals surface area contributed by atoms with Gasteiger partial charge in [-0.2, -0.15) is 0 Å². The van der Waals surface area contributed by atoms with Crippen LogP contribution in [0.1, 0.15) is 32.6 Å². The van der Waals surface area contributed by atoms with Crippen LogP contribution >= 0.6 is 0 Å². The van der Waals surface area contributed by atoms with E-state index in [1.165, 1.54) is 0 Å². The van der Waals surface area contributed by atoms with Gasteiger partial charge in [0.1, 0.15) is 0 Å². The molecule has 4 N–H and O–H groups in total. The van der Waals surface area contributed by atoms with E-state index in [9.17, 15) is 13.5 Å². The first kappa shape index (κ1) is 13.9. The molecule has 0 amide bonds. The first-order chi connectivity index (χ1) is 7.37. The smallest absolute Gasteiger partial charge is 0.210 e. The van der Waals surface area contributed by atoms with Gasteiger partial charge in [0, 0.05) is 12.1 Å². The summed E-state index contributed by atoms with van der Waals surface area (Å²) in [6.07, 6.45) is 3.94. The van der Waals surface area contributed by atoms with Gasteiger partial charge in [0.2, 0.25) is 10.0 Å². The minimum absolute atomic E-state index is 0.0599. The second-order valence-electron chi connectivity index (χ2n) is 4.91. The van der Waals surface area contributed by atoms with Gasteiger partial charge in [-0.25, -0.2) is 13.6 Å². The second kappa shape index (κ2) is 5.44. The average Bonchev–Trinajstić information content (AvgIpc) is 2.20. The third-order valence-electron chi connectivity index (χ3n) is 3.42.